The highest BCUT2D eigenvalue weighted by Gasteiger charge is 2.34. The van der Waals surface area contributed by atoms with E-state index in [0.717, 1.165) is 17.0 Å². The fraction of sp³-hybridized carbons (Fsp3) is 0.211. The average Bonchev–Trinajstić information content (AvgIpc) is 2.87. The van der Waals surface area contributed by atoms with Crippen molar-refractivity contribution in [3.8, 4) is 11.1 Å². The van der Waals surface area contributed by atoms with Crippen LogP contribution in [0.1, 0.15) is 21.6 Å². The molecule has 0 atom stereocenters. The monoisotopic (exact) mass is 412 g/mol. The molecule has 4 rings (SSSR count). The van der Waals surface area contributed by atoms with Gasteiger partial charge in [0.05, 0.1) is 16.1 Å². The van der Waals surface area contributed by atoms with E-state index < -0.39 is 11.7 Å². The summed E-state index contributed by atoms with van der Waals surface area (Å²) in [5, 5.41) is 3.55. The molecule has 1 amide bonds. The van der Waals surface area contributed by atoms with E-state index in [4.69, 9.17) is 23.2 Å². The van der Waals surface area contributed by atoms with Crippen molar-refractivity contribution in [3.05, 3.63) is 57.2 Å². The van der Waals surface area contributed by atoms with Crippen LogP contribution in [0.15, 0.2) is 30.3 Å². The molecule has 1 aliphatic heterocycles. The van der Waals surface area contributed by atoms with Crippen molar-refractivity contribution in [1.29, 1.82) is 0 Å². The maximum Gasteiger partial charge on any atom is 0.417 e. The molecule has 0 saturated carbocycles. The predicted molar refractivity (Wildman–Crippen MR) is 99.5 cm³/mol. The summed E-state index contributed by atoms with van der Waals surface area (Å²) in [4.78, 5) is 12.3. The highest BCUT2D eigenvalue weighted by molar-refractivity contribution is 6.32. The van der Waals surface area contributed by atoms with Crippen LogP contribution in [0, 0.1) is 6.92 Å². The third kappa shape index (κ3) is 2.87. The van der Waals surface area contributed by atoms with E-state index in [9.17, 15) is 18.0 Å². The SMILES string of the molecule is Cc1c2n(c3c(-c4ccc(Cl)c(C(F)(F)F)c4)cc(Cl)cc13)CCNC2=O. The number of fused-ring (bicyclic) bond motifs is 3. The van der Waals surface area contributed by atoms with E-state index in [1.54, 1.807) is 12.1 Å². The molecule has 1 aromatic heterocycles. The van der Waals surface area contributed by atoms with Crippen LogP contribution in [0.25, 0.3) is 22.0 Å². The second kappa shape index (κ2) is 6.17. The lowest BCUT2D eigenvalue weighted by molar-refractivity contribution is -0.137. The topological polar surface area (TPSA) is 34.0 Å². The number of carbonyl (C=O) groups excluding carboxylic acids is 1. The van der Waals surface area contributed by atoms with Gasteiger partial charge in [0.15, 0.2) is 0 Å². The number of amides is 1. The molecule has 0 aliphatic carbocycles. The van der Waals surface area contributed by atoms with Crippen LogP contribution in [0.3, 0.4) is 0 Å². The number of rotatable bonds is 1. The molecule has 140 valence electrons. The first-order valence-corrected chi connectivity index (χ1v) is 8.91. The van der Waals surface area contributed by atoms with Crippen molar-refractivity contribution >= 4 is 40.0 Å². The third-order valence-electron chi connectivity index (χ3n) is 4.79. The maximum absolute atomic E-state index is 13.3. The van der Waals surface area contributed by atoms with Gasteiger partial charge in [-0.15, -0.1) is 0 Å². The molecule has 1 aliphatic rings. The van der Waals surface area contributed by atoms with Crippen LogP contribution in [0.4, 0.5) is 13.2 Å². The highest BCUT2D eigenvalue weighted by atomic mass is 35.5. The van der Waals surface area contributed by atoms with Crippen molar-refractivity contribution in [3.63, 3.8) is 0 Å². The molecule has 0 unspecified atom stereocenters. The minimum Gasteiger partial charge on any atom is -0.349 e. The summed E-state index contributed by atoms with van der Waals surface area (Å²) >= 11 is 12.0. The van der Waals surface area contributed by atoms with Gasteiger partial charge >= 0.3 is 6.18 Å². The van der Waals surface area contributed by atoms with Crippen LogP contribution in [-0.4, -0.2) is 17.0 Å². The second-order valence-corrected chi connectivity index (χ2v) is 7.27. The molecule has 1 N–H and O–H groups in total. The zero-order valence-corrected chi connectivity index (χ0v) is 15.6. The average molecular weight is 413 g/mol. The Morgan fingerprint density at radius 1 is 1.15 bits per heavy atom. The van der Waals surface area contributed by atoms with Gasteiger partial charge in [0.2, 0.25) is 0 Å². The van der Waals surface area contributed by atoms with Crippen LogP contribution in [0.2, 0.25) is 10.0 Å². The fourth-order valence-electron chi connectivity index (χ4n) is 3.63. The number of nitrogens with zero attached hydrogens (tertiary/aromatic N) is 1. The molecule has 0 spiro atoms. The Hall–Kier alpha value is -2.18. The Bertz CT molecular complexity index is 1100. The number of alkyl halides is 3. The smallest absolute Gasteiger partial charge is 0.349 e. The summed E-state index contributed by atoms with van der Waals surface area (Å²) < 4.78 is 41.7. The number of benzene rings is 2. The lowest BCUT2D eigenvalue weighted by Crippen LogP contribution is -2.35. The van der Waals surface area contributed by atoms with E-state index in [1.807, 2.05) is 11.5 Å². The summed E-state index contributed by atoms with van der Waals surface area (Å²) in [5.74, 6) is -0.205. The molecule has 3 nitrogen and oxygen atoms in total. The van der Waals surface area contributed by atoms with Crippen molar-refractivity contribution < 1.29 is 18.0 Å². The number of aryl methyl sites for hydroxylation is 1. The Labute approximate surface area is 162 Å². The molecule has 27 heavy (non-hydrogen) atoms. The standard InChI is InChI=1S/C19H13Cl2F3N2O/c1-9-12-7-11(20)8-13(17(12)26-5-4-25-18(27)16(9)26)10-2-3-15(21)14(6-10)19(22,23)24/h2-3,6-8H,4-5H2,1H3,(H,25,27). The van der Waals surface area contributed by atoms with E-state index >= 15 is 0 Å². The molecule has 0 radical (unpaired) electrons. The summed E-state index contributed by atoms with van der Waals surface area (Å²) in [6.45, 7) is 2.79. The molecule has 2 aromatic carbocycles. The number of hydrogen-bond acceptors (Lipinski definition) is 1. The summed E-state index contributed by atoms with van der Waals surface area (Å²) in [6, 6.07) is 7.12. The van der Waals surface area contributed by atoms with Crippen LogP contribution in [0.5, 0.6) is 0 Å². The normalized spacial score (nSPS) is 14.4. The summed E-state index contributed by atoms with van der Waals surface area (Å²) in [6.07, 6.45) is -4.57. The molecule has 0 bridgehead atoms. The Balaban J connectivity index is 2.07. The van der Waals surface area contributed by atoms with Gasteiger partial charge in [-0.25, -0.2) is 0 Å². The molecule has 3 aromatic rings. The number of nitrogens with one attached hydrogen (secondary N) is 1. The first-order valence-electron chi connectivity index (χ1n) is 8.16. The zero-order chi connectivity index (χ0) is 19.5. The first-order chi connectivity index (χ1) is 12.7. The van der Waals surface area contributed by atoms with E-state index in [-0.39, 0.29) is 10.9 Å². The van der Waals surface area contributed by atoms with E-state index in [2.05, 4.69) is 5.32 Å². The number of carbonyl (C=O) groups is 1. The second-order valence-electron chi connectivity index (χ2n) is 6.42. The first kappa shape index (κ1) is 18.2. The van der Waals surface area contributed by atoms with Gasteiger partial charge < -0.3 is 9.88 Å². The van der Waals surface area contributed by atoms with Crippen molar-refractivity contribution in [1.82, 2.24) is 9.88 Å². The molecule has 2 heterocycles. The zero-order valence-electron chi connectivity index (χ0n) is 14.0. The molecular formula is C19H13Cl2F3N2O. The van der Waals surface area contributed by atoms with Gasteiger partial charge in [0, 0.05) is 29.1 Å². The lowest BCUT2D eigenvalue weighted by Gasteiger charge is -2.19. The van der Waals surface area contributed by atoms with Crippen molar-refractivity contribution in [2.24, 2.45) is 0 Å². The van der Waals surface area contributed by atoms with Crippen molar-refractivity contribution in [2.45, 2.75) is 19.6 Å². The predicted octanol–water partition coefficient (Wildman–Crippen LogP) is 5.69. The van der Waals surface area contributed by atoms with Gasteiger partial charge in [-0.3, -0.25) is 4.79 Å². The Morgan fingerprint density at radius 2 is 1.89 bits per heavy atom. The highest BCUT2D eigenvalue weighted by Crippen LogP contribution is 2.41. The maximum atomic E-state index is 13.3. The van der Waals surface area contributed by atoms with Gasteiger partial charge in [0.25, 0.3) is 5.91 Å². The van der Waals surface area contributed by atoms with Gasteiger partial charge in [-0.1, -0.05) is 29.3 Å². The summed E-state index contributed by atoms with van der Waals surface area (Å²) in [5.41, 5.74) is 1.90. The minimum absolute atomic E-state index is 0.205. The van der Waals surface area contributed by atoms with Gasteiger partial charge in [-0.2, -0.15) is 13.2 Å². The quantitative estimate of drug-likeness (QED) is 0.547. The van der Waals surface area contributed by atoms with E-state index in [0.29, 0.717) is 40.4 Å². The minimum atomic E-state index is -4.57. The van der Waals surface area contributed by atoms with Gasteiger partial charge in [-0.05, 0) is 42.3 Å². The van der Waals surface area contributed by atoms with E-state index in [1.165, 1.54) is 12.1 Å². The fourth-order valence-corrected chi connectivity index (χ4v) is 4.07. The Kier molecular flexibility index (Phi) is 4.16. The molecule has 0 saturated heterocycles. The number of aromatic nitrogens is 1. The summed E-state index contributed by atoms with van der Waals surface area (Å²) in [7, 11) is 0. The van der Waals surface area contributed by atoms with Crippen molar-refractivity contribution in [2.75, 3.05) is 6.54 Å². The lowest BCUT2D eigenvalue weighted by atomic mass is 9.99. The van der Waals surface area contributed by atoms with Crippen LogP contribution >= 0.6 is 23.2 Å². The van der Waals surface area contributed by atoms with Crippen LogP contribution in [-0.2, 0) is 12.7 Å². The molecule has 8 heteroatoms. The molecule has 0 fully saturated rings. The molecular weight excluding hydrogens is 400 g/mol. The van der Waals surface area contributed by atoms with Crippen LogP contribution < -0.4 is 5.32 Å². The van der Waals surface area contributed by atoms with Gasteiger partial charge in [0.1, 0.15) is 5.69 Å². The number of halogens is 5. The number of hydrogen-bond donors (Lipinski definition) is 1. The third-order valence-corrected chi connectivity index (χ3v) is 5.34. The largest absolute Gasteiger partial charge is 0.417 e. The Morgan fingerprint density at radius 3 is 2.59 bits per heavy atom.